The molecule has 1 fully saturated rings. The van der Waals surface area contributed by atoms with Crippen LogP contribution in [0.1, 0.15) is 34.8 Å². The average molecular weight is 232 g/mol. The summed E-state index contributed by atoms with van der Waals surface area (Å²) in [5.74, 6) is 0.109. The molecule has 1 saturated heterocycles. The summed E-state index contributed by atoms with van der Waals surface area (Å²) >= 11 is 0. The maximum atomic E-state index is 12.4. The smallest absolute Gasteiger partial charge is 0.254 e. The Morgan fingerprint density at radius 1 is 1.29 bits per heavy atom. The summed E-state index contributed by atoms with van der Waals surface area (Å²) in [5.41, 5.74) is 8.99. The molecule has 1 amide bonds. The van der Waals surface area contributed by atoms with Crippen LogP contribution in [0.15, 0.2) is 18.2 Å². The summed E-state index contributed by atoms with van der Waals surface area (Å²) in [6, 6.07) is 6.24. The molecule has 3 heteroatoms. The molecule has 0 aliphatic carbocycles. The lowest BCUT2D eigenvalue weighted by atomic mass is 10.1. The Labute approximate surface area is 103 Å². The number of likely N-dealkylation sites (tertiary alicyclic amines) is 1. The summed E-state index contributed by atoms with van der Waals surface area (Å²) in [4.78, 5) is 14.3. The van der Waals surface area contributed by atoms with Gasteiger partial charge in [0.05, 0.1) is 0 Å². The summed E-state index contributed by atoms with van der Waals surface area (Å²) in [5, 5.41) is 0. The molecular weight excluding hydrogens is 212 g/mol. The monoisotopic (exact) mass is 232 g/mol. The van der Waals surface area contributed by atoms with E-state index in [1.807, 2.05) is 37.8 Å². The standard InChI is InChI=1S/C14H20N2O/c1-9-6-10(2)8-12(7-9)14(17)16-5-4-13(15)11(16)3/h6-8,11,13H,4-5,15H2,1-3H3. The molecule has 1 aliphatic rings. The van der Waals surface area contributed by atoms with Crippen LogP contribution in [0.25, 0.3) is 0 Å². The van der Waals surface area contributed by atoms with Crippen LogP contribution in [0.3, 0.4) is 0 Å². The molecule has 2 N–H and O–H groups in total. The van der Waals surface area contributed by atoms with E-state index in [0.29, 0.717) is 0 Å². The van der Waals surface area contributed by atoms with Gasteiger partial charge in [0.25, 0.3) is 5.91 Å². The number of nitrogens with zero attached hydrogens (tertiary/aromatic N) is 1. The lowest BCUT2D eigenvalue weighted by molar-refractivity contribution is 0.0742. The molecule has 92 valence electrons. The summed E-state index contributed by atoms with van der Waals surface area (Å²) in [6.45, 7) is 6.83. The van der Waals surface area contributed by atoms with Gasteiger partial charge in [-0.15, -0.1) is 0 Å². The lowest BCUT2D eigenvalue weighted by Crippen LogP contribution is -2.40. The highest BCUT2D eigenvalue weighted by atomic mass is 16.2. The van der Waals surface area contributed by atoms with Crippen LogP contribution in [0.4, 0.5) is 0 Å². The third-order valence-electron chi connectivity index (χ3n) is 3.54. The molecule has 0 radical (unpaired) electrons. The van der Waals surface area contributed by atoms with Crippen molar-refractivity contribution in [3.8, 4) is 0 Å². The fourth-order valence-corrected chi connectivity index (χ4v) is 2.51. The van der Waals surface area contributed by atoms with Gasteiger partial charge in [-0.05, 0) is 39.3 Å². The first-order valence-corrected chi connectivity index (χ1v) is 6.14. The van der Waals surface area contributed by atoms with Gasteiger partial charge in [0.1, 0.15) is 0 Å². The van der Waals surface area contributed by atoms with Gasteiger partial charge in [-0.3, -0.25) is 4.79 Å². The van der Waals surface area contributed by atoms with Crippen molar-refractivity contribution in [2.45, 2.75) is 39.3 Å². The number of hydrogen-bond acceptors (Lipinski definition) is 2. The zero-order chi connectivity index (χ0) is 12.6. The van der Waals surface area contributed by atoms with Crippen LogP contribution in [-0.2, 0) is 0 Å². The van der Waals surface area contributed by atoms with E-state index in [0.717, 1.165) is 29.7 Å². The number of aryl methyl sites for hydroxylation is 2. The highest BCUT2D eigenvalue weighted by Gasteiger charge is 2.31. The lowest BCUT2D eigenvalue weighted by Gasteiger charge is -2.23. The molecular formula is C14H20N2O. The number of carbonyl (C=O) groups is 1. The Morgan fingerprint density at radius 3 is 2.35 bits per heavy atom. The van der Waals surface area contributed by atoms with E-state index in [9.17, 15) is 4.79 Å². The largest absolute Gasteiger partial charge is 0.334 e. The first-order valence-electron chi connectivity index (χ1n) is 6.14. The van der Waals surface area contributed by atoms with Crippen molar-refractivity contribution in [1.82, 2.24) is 4.90 Å². The van der Waals surface area contributed by atoms with E-state index >= 15 is 0 Å². The highest BCUT2D eigenvalue weighted by molar-refractivity contribution is 5.95. The van der Waals surface area contributed by atoms with E-state index in [1.165, 1.54) is 0 Å². The fraction of sp³-hybridized carbons (Fsp3) is 0.500. The zero-order valence-electron chi connectivity index (χ0n) is 10.7. The molecule has 0 aromatic heterocycles. The van der Waals surface area contributed by atoms with Crippen molar-refractivity contribution < 1.29 is 4.79 Å². The molecule has 2 unspecified atom stereocenters. The quantitative estimate of drug-likeness (QED) is 0.803. The van der Waals surface area contributed by atoms with Gasteiger partial charge >= 0.3 is 0 Å². The Morgan fingerprint density at radius 2 is 1.88 bits per heavy atom. The molecule has 1 aliphatic heterocycles. The van der Waals surface area contributed by atoms with E-state index in [2.05, 4.69) is 6.07 Å². The maximum Gasteiger partial charge on any atom is 0.254 e. The minimum absolute atomic E-state index is 0.109. The van der Waals surface area contributed by atoms with E-state index in [1.54, 1.807) is 0 Å². The number of hydrogen-bond donors (Lipinski definition) is 1. The number of benzene rings is 1. The normalized spacial score (nSPS) is 24.1. The maximum absolute atomic E-state index is 12.4. The number of amides is 1. The van der Waals surface area contributed by atoms with Gasteiger partial charge in [0.15, 0.2) is 0 Å². The van der Waals surface area contributed by atoms with Crippen molar-refractivity contribution in [3.05, 3.63) is 34.9 Å². The van der Waals surface area contributed by atoms with Crippen molar-refractivity contribution in [2.75, 3.05) is 6.54 Å². The number of carbonyl (C=O) groups excluding carboxylic acids is 1. The number of rotatable bonds is 1. The van der Waals surface area contributed by atoms with Gasteiger partial charge in [0, 0.05) is 24.2 Å². The Kier molecular flexibility index (Phi) is 3.20. The van der Waals surface area contributed by atoms with Crippen LogP contribution >= 0.6 is 0 Å². The summed E-state index contributed by atoms with van der Waals surface area (Å²) in [7, 11) is 0. The first-order chi connectivity index (χ1) is 7.99. The minimum atomic E-state index is 0.109. The number of nitrogens with two attached hydrogens (primary N) is 1. The van der Waals surface area contributed by atoms with Crippen molar-refractivity contribution in [2.24, 2.45) is 5.73 Å². The predicted octanol–water partition coefficient (Wildman–Crippen LogP) is 1.87. The SMILES string of the molecule is Cc1cc(C)cc(C(=O)N2CCC(N)C2C)c1. The molecule has 17 heavy (non-hydrogen) atoms. The summed E-state index contributed by atoms with van der Waals surface area (Å²) in [6.07, 6.45) is 0.901. The van der Waals surface area contributed by atoms with Crippen molar-refractivity contribution in [1.29, 1.82) is 0 Å². The molecule has 0 spiro atoms. The van der Waals surface area contributed by atoms with Crippen LogP contribution in [0.2, 0.25) is 0 Å². The van der Waals surface area contributed by atoms with Gasteiger partial charge in [-0.25, -0.2) is 0 Å². The van der Waals surface area contributed by atoms with Crippen molar-refractivity contribution >= 4 is 5.91 Å². The van der Waals surface area contributed by atoms with Gasteiger partial charge in [0.2, 0.25) is 0 Å². The Bertz CT molecular complexity index is 422. The van der Waals surface area contributed by atoms with Crippen LogP contribution in [-0.4, -0.2) is 29.4 Å². The zero-order valence-corrected chi connectivity index (χ0v) is 10.7. The second kappa shape index (κ2) is 4.49. The second-order valence-corrected chi connectivity index (χ2v) is 5.07. The van der Waals surface area contributed by atoms with Crippen LogP contribution in [0.5, 0.6) is 0 Å². The fourth-order valence-electron chi connectivity index (χ4n) is 2.51. The molecule has 2 rings (SSSR count). The molecule has 1 aromatic rings. The molecule has 0 saturated carbocycles. The Hall–Kier alpha value is -1.35. The van der Waals surface area contributed by atoms with Gasteiger partial charge in [-0.1, -0.05) is 17.2 Å². The van der Waals surface area contributed by atoms with Crippen molar-refractivity contribution in [3.63, 3.8) is 0 Å². The Balaban J connectivity index is 2.25. The summed E-state index contributed by atoms with van der Waals surface area (Å²) < 4.78 is 0. The third-order valence-corrected chi connectivity index (χ3v) is 3.54. The van der Waals surface area contributed by atoms with Gasteiger partial charge in [-0.2, -0.15) is 0 Å². The molecule has 3 nitrogen and oxygen atoms in total. The first kappa shape index (κ1) is 12.1. The van der Waals surface area contributed by atoms with E-state index < -0.39 is 0 Å². The molecule has 1 heterocycles. The molecule has 1 aromatic carbocycles. The van der Waals surface area contributed by atoms with Crippen LogP contribution < -0.4 is 5.73 Å². The van der Waals surface area contributed by atoms with Crippen LogP contribution in [0, 0.1) is 13.8 Å². The van der Waals surface area contributed by atoms with E-state index in [4.69, 9.17) is 5.73 Å². The third kappa shape index (κ3) is 2.34. The topological polar surface area (TPSA) is 46.3 Å². The molecule has 2 atom stereocenters. The highest BCUT2D eigenvalue weighted by Crippen LogP contribution is 2.20. The molecule has 0 bridgehead atoms. The van der Waals surface area contributed by atoms with Gasteiger partial charge < -0.3 is 10.6 Å². The predicted molar refractivity (Wildman–Crippen MR) is 69.0 cm³/mol. The minimum Gasteiger partial charge on any atom is -0.334 e. The second-order valence-electron chi connectivity index (χ2n) is 5.07. The average Bonchev–Trinajstić information content (AvgIpc) is 2.57. The van der Waals surface area contributed by atoms with E-state index in [-0.39, 0.29) is 18.0 Å².